The highest BCUT2D eigenvalue weighted by molar-refractivity contribution is 7.11. The van der Waals surface area contributed by atoms with Gasteiger partial charge in [-0.05, 0) is 6.92 Å². The van der Waals surface area contributed by atoms with E-state index in [0.717, 1.165) is 11.3 Å². The average molecular weight is 247 g/mol. The van der Waals surface area contributed by atoms with E-state index in [9.17, 15) is 15.0 Å². The predicted molar refractivity (Wildman–Crippen MR) is 55.6 cm³/mol. The van der Waals surface area contributed by atoms with Crippen molar-refractivity contribution in [3.05, 3.63) is 16.1 Å². The Kier molecular flexibility index (Phi) is 4.81. The number of rotatable bonds is 5. The monoisotopic (exact) mass is 247 g/mol. The first-order chi connectivity index (χ1) is 7.60. The van der Waals surface area contributed by atoms with Gasteiger partial charge in [0, 0.05) is 6.20 Å². The molecule has 0 radical (unpaired) electrons. The van der Waals surface area contributed by atoms with Gasteiger partial charge in [-0.1, -0.05) is 0 Å². The van der Waals surface area contributed by atoms with Crippen LogP contribution in [0.2, 0.25) is 0 Å². The first-order valence-corrected chi connectivity index (χ1v) is 5.50. The molecule has 0 aliphatic carbocycles. The highest BCUT2D eigenvalue weighted by Crippen LogP contribution is 2.23. The molecule has 0 fully saturated rings. The van der Waals surface area contributed by atoms with E-state index >= 15 is 0 Å². The Balaban J connectivity index is 2.69. The lowest BCUT2D eigenvalue weighted by Gasteiger charge is -2.13. The smallest absolute Gasteiger partial charge is 0.338 e. The van der Waals surface area contributed by atoms with E-state index in [-0.39, 0.29) is 18.2 Å². The molecule has 0 saturated heterocycles. The molecular formula is C9H13NO5S. The van der Waals surface area contributed by atoms with Crippen molar-refractivity contribution in [3.63, 3.8) is 0 Å². The predicted octanol–water partition coefficient (Wildman–Crippen LogP) is -0.407. The third-order valence-corrected chi connectivity index (χ3v) is 2.86. The number of hydrogen-bond acceptors (Lipinski definition) is 7. The van der Waals surface area contributed by atoms with Gasteiger partial charge in [0.1, 0.15) is 11.1 Å². The summed E-state index contributed by atoms with van der Waals surface area (Å²) < 4.78 is 4.56. The number of aromatic nitrogens is 1. The Bertz CT molecular complexity index is 353. The van der Waals surface area contributed by atoms with E-state index in [0.29, 0.717) is 4.88 Å². The molecule has 0 aromatic carbocycles. The maximum atomic E-state index is 11.1. The van der Waals surface area contributed by atoms with E-state index in [1.54, 1.807) is 6.92 Å². The molecule has 90 valence electrons. The van der Waals surface area contributed by atoms with Gasteiger partial charge in [0.05, 0.1) is 18.1 Å². The minimum absolute atomic E-state index is 0.127. The highest BCUT2D eigenvalue weighted by Gasteiger charge is 2.29. The summed E-state index contributed by atoms with van der Waals surface area (Å²) in [5, 5.41) is 28.0. The van der Waals surface area contributed by atoms with Crippen LogP contribution in [0.5, 0.6) is 0 Å². The van der Waals surface area contributed by atoms with Crippen molar-refractivity contribution in [1.29, 1.82) is 0 Å². The number of nitrogens with zero attached hydrogens (tertiary/aromatic N) is 1. The zero-order valence-corrected chi connectivity index (χ0v) is 9.48. The molecular weight excluding hydrogens is 234 g/mol. The summed E-state index contributed by atoms with van der Waals surface area (Å²) in [6.07, 6.45) is -1.71. The van der Waals surface area contributed by atoms with Crippen LogP contribution in [0.1, 0.15) is 22.9 Å². The van der Waals surface area contributed by atoms with Crippen LogP contribution in [0.3, 0.4) is 0 Å². The van der Waals surface area contributed by atoms with Crippen LogP contribution in [0, 0.1) is 0 Å². The number of hydrogen-bond donors (Lipinski definition) is 3. The fourth-order valence-electron chi connectivity index (χ4n) is 1.02. The van der Waals surface area contributed by atoms with Crippen LogP contribution < -0.4 is 0 Å². The zero-order valence-electron chi connectivity index (χ0n) is 8.66. The largest absolute Gasteiger partial charge is 0.464 e. The van der Waals surface area contributed by atoms with Gasteiger partial charge in [-0.2, -0.15) is 0 Å². The van der Waals surface area contributed by atoms with Crippen molar-refractivity contribution < 1.29 is 24.9 Å². The lowest BCUT2D eigenvalue weighted by atomic mass is 10.2. The molecule has 1 heterocycles. The minimum Gasteiger partial charge on any atom is -0.464 e. The fourth-order valence-corrected chi connectivity index (χ4v) is 1.82. The molecule has 0 aliphatic heterocycles. The second-order valence-electron chi connectivity index (χ2n) is 2.96. The van der Waals surface area contributed by atoms with Gasteiger partial charge in [0.2, 0.25) is 0 Å². The quantitative estimate of drug-likeness (QED) is 0.612. The number of thiazole rings is 1. The lowest BCUT2D eigenvalue weighted by Crippen LogP contribution is -2.29. The van der Waals surface area contributed by atoms with Crippen LogP contribution in [0.15, 0.2) is 6.20 Å². The van der Waals surface area contributed by atoms with Crippen molar-refractivity contribution in [2.24, 2.45) is 0 Å². The standard InChI is InChI=1S/C9H13NO5S/c1-2-15-9(14)7(13)6(12)8-10-3-5(4-11)16-8/h3,6-7,11-13H,2,4H2,1H3. The normalized spacial score (nSPS) is 14.5. The third kappa shape index (κ3) is 2.99. The summed E-state index contributed by atoms with van der Waals surface area (Å²) in [6.45, 7) is 1.53. The Morgan fingerprint density at radius 3 is 2.81 bits per heavy atom. The first kappa shape index (κ1) is 13.0. The van der Waals surface area contributed by atoms with Crippen LogP contribution in [0.25, 0.3) is 0 Å². The van der Waals surface area contributed by atoms with Gasteiger partial charge in [0.15, 0.2) is 6.10 Å². The third-order valence-electron chi connectivity index (χ3n) is 1.81. The number of aliphatic hydroxyl groups is 3. The molecule has 0 amide bonds. The Morgan fingerprint density at radius 1 is 1.62 bits per heavy atom. The Hall–Kier alpha value is -1.02. The number of aliphatic hydroxyl groups excluding tert-OH is 3. The molecule has 0 aliphatic rings. The summed E-state index contributed by atoms with van der Waals surface area (Å²) >= 11 is 1.03. The van der Waals surface area contributed by atoms with E-state index in [1.165, 1.54) is 6.20 Å². The fraction of sp³-hybridized carbons (Fsp3) is 0.556. The van der Waals surface area contributed by atoms with Gasteiger partial charge >= 0.3 is 5.97 Å². The molecule has 6 nitrogen and oxygen atoms in total. The first-order valence-electron chi connectivity index (χ1n) is 4.68. The molecule has 1 aromatic rings. The highest BCUT2D eigenvalue weighted by atomic mass is 32.1. The molecule has 16 heavy (non-hydrogen) atoms. The van der Waals surface area contributed by atoms with Gasteiger partial charge in [-0.15, -0.1) is 11.3 Å². The van der Waals surface area contributed by atoms with Crippen LogP contribution >= 0.6 is 11.3 Å². The van der Waals surface area contributed by atoms with Crippen LogP contribution in [0.4, 0.5) is 0 Å². The molecule has 2 unspecified atom stereocenters. The van der Waals surface area contributed by atoms with Crippen LogP contribution in [-0.4, -0.2) is 39.0 Å². The molecule has 1 aromatic heterocycles. The summed E-state index contributed by atoms with van der Waals surface area (Å²) in [5.74, 6) is -0.893. The van der Waals surface area contributed by atoms with Crippen molar-refractivity contribution in [1.82, 2.24) is 4.98 Å². The molecule has 0 spiro atoms. The minimum atomic E-state index is -1.65. The summed E-state index contributed by atoms with van der Waals surface area (Å²) in [7, 11) is 0. The maximum Gasteiger partial charge on any atom is 0.338 e. The van der Waals surface area contributed by atoms with E-state index in [2.05, 4.69) is 9.72 Å². The average Bonchev–Trinajstić information content (AvgIpc) is 2.75. The second-order valence-corrected chi connectivity index (χ2v) is 4.11. The molecule has 1 rings (SSSR count). The number of carbonyl (C=O) groups excluding carboxylic acids is 1. The van der Waals surface area contributed by atoms with Crippen molar-refractivity contribution in [2.75, 3.05) is 6.61 Å². The van der Waals surface area contributed by atoms with E-state index < -0.39 is 18.2 Å². The van der Waals surface area contributed by atoms with Crippen molar-refractivity contribution >= 4 is 17.3 Å². The number of ether oxygens (including phenoxy) is 1. The van der Waals surface area contributed by atoms with Gasteiger partial charge in [-0.3, -0.25) is 0 Å². The molecule has 0 bridgehead atoms. The summed E-state index contributed by atoms with van der Waals surface area (Å²) in [5.41, 5.74) is 0. The second kappa shape index (κ2) is 5.90. The maximum absolute atomic E-state index is 11.1. The van der Waals surface area contributed by atoms with Crippen LogP contribution in [-0.2, 0) is 16.1 Å². The van der Waals surface area contributed by atoms with Crippen molar-refractivity contribution in [2.45, 2.75) is 25.7 Å². The SMILES string of the molecule is CCOC(=O)C(O)C(O)c1ncc(CO)s1. The molecule has 3 N–H and O–H groups in total. The van der Waals surface area contributed by atoms with Gasteiger partial charge in [-0.25, -0.2) is 9.78 Å². The number of carbonyl (C=O) groups is 1. The molecule has 0 saturated carbocycles. The summed E-state index contributed by atoms with van der Waals surface area (Å²) in [4.78, 5) is 15.5. The van der Waals surface area contributed by atoms with Gasteiger partial charge < -0.3 is 20.1 Å². The Morgan fingerprint density at radius 2 is 2.31 bits per heavy atom. The lowest BCUT2D eigenvalue weighted by molar-refractivity contribution is -0.159. The number of esters is 1. The van der Waals surface area contributed by atoms with E-state index in [1.807, 2.05) is 0 Å². The summed E-state index contributed by atoms with van der Waals surface area (Å²) in [6, 6.07) is 0. The Labute approximate surface area is 96.1 Å². The van der Waals surface area contributed by atoms with Gasteiger partial charge in [0.25, 0.3) is 0 Å². The molecule has 7 heteroatoms. The zero-order chi connectivity index (χ0) is 12.1. The topological polar surface area (TPSA) is 99.9 Å². The molecule has 2 atom stereocenters. The van der Waals surface area contributed by atoms with Crippen molar-refractivity contribution in [3.8, 4) is 0 Å². The van der Waals surface area contributed by atoms with E-state index in [4.69, 9.17) is 5.11 Å².